The lowest BCUT2D eigenvalue weighted by Crippen LogP contribution is -2.10. The van der Waals surface area contributed by atoms with Crippen molar-refractivity contribution in [2.24, 2.45) is 0 Å². The monoisotopic (exact) mass is 307 g/mol. The summed E-state index contributed by atoms with van der Waals surface area (Å²) in [5.41, 5.74) is 1.08. The Balaban J connectivity index is 2.29. The van der Waals surface area contributed by atoms with E-state index in [0.717, 1.165) is 0 Å². The SMILES string of the molecule is COc1ccc2nc(CCl)n(CCCC(F)(F)F)c2n1. The smallest absolute Gasteiger partial charge is 0.389 e. The number of nitrogens with zero attached hydrogens (tertiary/aromatic N) is 3. The molecule has 4 nitrogen and oxygen atoms in total. The summed E-state index contributed by atoms with van der Waals surface area (Å²) in [6.45, 7) is 0.165. The largest absolute Gasteiger partial charge is 0.481 e. The van der Waals surface area contributed by atoms with E-state index < -0.39 is 12.6 Å². The Labute approximate surface area is 118 Å². The molecule has 0 radical (unpaired) electrons. The van der Waals surface area contributed by atoms with Gasteiger partial charge in [0, 0.05) is 19.0 Å². The van der Waals surface area contributed by atoms with Crippen LogP contribution in [0, 0.1) is 0 Å². The van der Waals surface area contributed by atoms with E-state index in [1.165, 1.54) is 7.11 Å². The minimum atomic E-state index is -4.16. The third-order valence-corrected chi connectivity index (χ3v) is 3.06. The van der Waals surface area contributed by atoms with Crippen molar-refractivity contribution < 1.29 is 17.9 Å². The van der Waals surface area contributed by atoms with Crippen LogP contribution in [0.1, 0.15) is 18.7 Å². The molecule has 110 valence electrons. The van der Waals surface area contributed by atoms with Crippen LogP contribution < -0.4 is 4.74 Å². The predicted molar refractivity (Wildman–Crippen MR) is 68.9 cm³/mol. The Morgan fingerprint density at radius 3 is 2.65 bits per heavy atom. The molecule has 0 aromatic carbocycles. The fourth-order valence-electron chi connectivity index (χ4n) is 1.92. The average molecular weight is 308 g/mol. The van der Waals surface area contributed by atoms with E-state index in [2.05, 4.69) is 9.97 Å². The van der Waals surface area contributed by atoms with Gasteiger partial charge in [0.05, 0.1) is 13.0 Å². The Hall–Kier alpha value is -1.50. The van der Waals surface area contributed by atoms with Crippen LogP contribution in [-0.2, 0) is 12.4 Å². The van der Waals surface area contributed by atoms with Gasteiger partial charge in [0.25, 0.3) is 0 Å². The summed E-state index contributed by atoms with van der Waals surface area (Å²) in [5, 5.41) is 0. The molecule has 8 heteroatoms. The molecule has 0 aliphatic heterocycles. The van der Waals surface area contributed by atoms with Gasteiger partial charge in [0.2, 0.25) is 5.88 Å². The number of alkyl halides is 4. The van der Waals surface area contributed by atoms with Gasteiger partial charge in [-0.3, -0.25) is 0 Å². The zero-order valence-electron chi connectivity index (χ0n) is 10.7. The quantitative estimate of drug-likeness (QED) is 0.793. The molecule has 0 saturated heterocycles. The topological polar surface area (TPSA) is 39.9 Å². The maximum atomic E-state index is 12.2. The minimum Gasteiger partial charge on any atom is -0.481 e. The van der Waals surface area contributed by atoms with E-state index in [1.54, 1.807) is 16.7 Å². The van der Waals surface area contributed by atoms with E-state index in [-0.39, 0.29) is 18.8 Å². The molecule has 0 amide bonds. The van der Waals surface area contributed by atoms with Gasteiger partial charge in [-0.1, -0.05) is 0 Å². The van der Waals surface area contributed by atoms with Gasteiger partial charge in [0.1, 0.15) is 11.3 Å². The normalized spacial score (nSPS) is 12.1. The second-order valence-corrected chi connectivity index (χ2v) is 4.50. The number of halogens is 4. The lowest BCUT2D eigenvalue weighted by molar-refractivity contribution is -0.135. The van der Waals surface area contributed by atoms with Gasteiger partial charge in [-0.15, -0.1) is 11.6 Å². The number of pyridine rings is 1. The molecule has 0 aliphatic rings. The van der Waals surface area contributed by atoms with Crippen LogP contribution >= 0.6 is 11.6 Å². The first-order valence-corrected chi connectivity index (χ1v) is 6.51. The van der Waals surface area contributed by atoms with Gasteiger partial charge in [-0.05, 0) is 12.5 Å². The molecule has 0 atom stereocenters. The number of fused-ring (bicyclic) bond motifs is 1. The van der Waals surface area contributed by atoms with Gasteiger partial charge >= 0.3 is 6.18 Å². The summed E-state index contributed by atoms with van der Waals surface area (Å²) in [4.78, 5) is 8.47. The second-order valence-electron chi connectivity index (χ2n) is 4.23. The van der Waals surface area contributed by atoms with Crippen molar-refractivity contribution in [2.75, 3.05) is 7.11 Å². The number of aromatic nitrogens is 3. The Bertz CT molecular complexity index is 597. The van der Waals surface area contributed by atoms with Crippen molar-refractivity contribution in [1.82, 2.24) is 14.5 Å². The highest BCUT2D eigenvalue weighted by Crippen LogP contribution is 2.24. The number of methoxy groups -OCH3 is 1. The summed E-state index contributed by atoms with van der Waals surface area (Å²) in [6.07, 6.45) is -5.06. The molecular weight excluding hydrogens is 295 g/mol. The molecule has 2 heterocycles. The lowest BCUT2D eigenvalue weighted by Gasteiger charge is -2.09. The zero-order valence-corrected chi connectivity index (χ0v) is 11.5. The second kappa shape index (κ2) is 5.87. The van der Waals surface area contributed by atoms with Crippen molar-refractivity contribution >= 4 is 22.8 Å². The van der Waals surface area contributed by atoms with Crippen molar-refractivity contribution in [1.29, 1.82) is 0 Å². The molecule has 0 N–H and O–H groups in total. The van der Waals surface area contributed by atoms with Crippen LogP contribution in [0.2, 0.25) is 0 Å². The van der Waals surface area contributed by atoms with E-state index in [4.69, 9.17) is 16.3 Å². The standard InChI is InChI=1S/C12H13ClF3N3O/c1-20-10-4-3-8-11(18-10)19(9(7-13)17-8)6-2-5-12(14,15)16/h3-4H,2,5-7H2,1H3. The van der Waals surface area contributed by atoms with E-state index >= 15 is 0 Å². The summed E-state index contributed by atoms with van der Waals surface area (Å²) in [5.74, 6) is 1.00. The molecular formula is C12H13ClF3N3O. The highest BCUT2D eigenvalue weighted by Gasteiger charge is 2.26. The number of ether oxygens (including phenoxy) is 1. The van der Waals surface area contributed by atoms with Gasteiger partial charge in [0.15, 0.2) is 5.65 Å². The molecule has 2 aromatic rings. The van der Waals surface area contributed by atoms with Gasteiger partial charge in [-0.25, -0.2) is 4.98 Å². The lowest BCUT2D eigenvalue weighted by atomic mass is 10.3. The van der Waals surface area contributed by atoms with Crippen molar-refractivity contribution in [3.63, 3.8) is 0 Å². The van der Waals surface area contributed by atoms with Crippen LogP contribution in [0.3, 0.4) is 0 Å². The Morgan fingerprint density at radius 2 is 2.05 bits per heavy atom. The summed E-state index contributed by atoms with van der Waals surface area (Å²) in [6, 6.07) is 3.35. The highest BCUT2D eigenvalue weighted by molar-refractivity contribution is 6.16. The average Bonchev–Trinajstić information content (AvgIpc) is 2.74. The number of rotatable bonds is 5. The minimum absolute atomic E-state index is 0.0439. The third kappa shape index (κ3) is 3.33. The first kappa shape index (κ1) is 14.9. The zero-order chi connectivity index (χ0) is 14.8. The van der Waals surface area contributed by atoms with Crippen LogP contribution in [-0.4, -0.2) is 27.8 Å². The van der Waals surface area contributed by atoms with Crippen LogP contribution in [0.4, 0.5) is 13.2 Å². The van der Waals surface area contributed by atoms with Crippen molar-refractivity contribution in [3.05, 3.63) is 18.0 Å². The molecule has 2 aromatic heterocycles. The summed E-state index contributed by atoms with van der Waals surface area (Å²) < 4.78 is 43.3. The number of aryl methyl sites for hydroxylation is 1. The first-order chi connectivity index (χ1) is 9.44. The van der Waals surface area contributed by atoms with Crippen LogP contribution in [0.25, 0.3) is 11.2 Å². The van der Waals surface area contributed by atoms with Gasteiger partial charge < -0.3 is 9.30 Å². The predicted octanol–water partition coefficient (Wildman–Crippen LogP) is 3.52. The number of hydrogen-bond donors (Lipinski definition) is 0. The van der Waals surface area contributed by atoms with E-state index in [0.29, 0.717) is 22.9 Å². The molecule has 2 rings (SSSR count). The number of hydrogen-bond acceptors (Lipinski definition) is 3. The highest BCUT2D eigenvalue weighted by atomic mass is 35.5. The molecule has 0 spiro atoms. The van der Waals surface area contributed by atoms with Crippen LogP contribution in [0.5, 0.6) is 5.88 Å². The fraction of sp³-hybridized carbons (Fsp3) is 0.500. The summed E-state index contributed by atoms with van der Waals surface area (Å²) in [7, 11) is 1.47. The molecule has 0 unspecified atom stereocenters. The van der Waals surface area contributed by atoms with Gasteiger partial charge in [-0.2, -0.15) is 18.2 Å². The maximum Gasteiger partial charge on any atom is 0.389 e. The first-order valence-electron chi connectivity index (χ1n) is 5.97. The Kier molecular flexibility index (Phi) is 4.37. The van der Waals surface area contributed by atoms with E-state index in [9.17, 15) is 13.2 Å². The molecule has 20 heavy (non-hydrogen) atoms. The molecule has 0 bridgehead atoms. The fourth-order valence-corrected chi connectivity index (χ4v) is 2.12. The molecule has 0 aliphatic carbocycles. The Morgan fingerprint density at radius 1 is 1.30 bits per heavy atom. The van der Waals surface area contributed by atoms with Crippen LogP contribution in [0.15, 0.2) is 12.1 Å². The number of imidazole rings is 1. The third-order valence-electron chi connectivity index (χ3n) is 2.82. The molecule has 0 fully saturated rings. The molecule has 0 saturated carbocycles. The van der Waals surface area contributed by atoms with Crippen molar-refractivity contribution in [2.45, 2.75) is 31.4 Å². The maximum absolute atomic E-state index is 12.2. The van der Waals surface area contributed by atoms with Crippen molar-refractivity contribution in [3.8, 4) is 5.88 Å². The van der Waals surface area contributed by atoms with E-state index in [1.807, 2.05) is 0 Å². The summed E-state index contributed by atoms with van der Waals surface area (Å²) >= 11 is 5.78.